The van der Waals surface area contributed by atoms with Gasteiger partial charge in [0.1, 0.15) is 17.1 Å². The Morgan fingerprint density at radius 1 is 1.26 bits per heavy atom. The summed E-state index contributed by atoms with van der Waals surface area (Å²) in [5.41, 5.74) is 0.975. The van der Waals surface area contributed by atoms with E-state index in [9.17, 15) is 24.9 Å². The number of carbonyl (C=O) groups excluding carboxylic acids is 2. The van der Waals surface area contributed by atoms with Crippen molar-refractivity contribution < 1.29 is 24.9 Å². The number of allylic oxidation sites excluding steroid dienone is 6. The molecule has 1 fully saturated rings. The molecule has 31 heavy (non-hydrogen) atoms. The van der Waals surface area contributed by atoms with Crippen molar-refractivity contribution in [3.8, 4) is 0 Å². The van der Waals surface area contributed by atoms with Crippen LogP contribution < -0.4 is 0 Å². The third-order valence-corrected chi connectivity index (χ3v) is 6.83. The molecule has 0 unspecified atom stereocenters. The summed E-state index contributed by atoms with van der Waals surface area (Å²) in [7, 11) is 0. The molecule has 2 rings (SSSR count). The Kier molecular flexibility index (Phi) is 8.09. The van der Waals surface area contributed by atoms with Gasteiger partial charge >= 0.3 is 0 Å². The first-order valence-electron chi connectivity index (χ1n) is 11.4. The molecule has 0 spiro atoms. The summed E-state index contributed by atoms with van der Waals surface area (Å²) in [6.07, 6.45) is 5.28. The molecule has 2 aliphatic rings. The summed E-state index contributed by atoms with van der Waals surface area (Å²) in [6.45, 7) is 13.5. The molecule has 0 aromatic carbocycles. The lowest BCUT2D eigenvalue weighted by molar-refractivity contribution is -0.124. The predicted molar refractivity (Wildman–Crippen MR) is 123 cm³/mol. The van der Waals surface area contributed by atoms with Crippen LogP contribution in [-0.4, -0.2) is 32.5 Å². The van der Waals surface area contributed by atoms with Crippen molar-refractivity contribution in [2.45, 2.75) is 85.2 Å². The third kappa shape index (κ3) is 5.38. The van der Waals surface area contributed by atoms with E-state index >= 15 is 0 Å². The number of ketones is 2. The number of hydrogen-bond donors (Lipinski definition) is 3. The first-order valence-corrected chi connectivity index (χ1v) is 11.4. The molecule has 0 heterocycles. The van der Waals surface area contributed by atoms with Crippen molar-refractivity contribution in [3.05, 3.63) is 46.5 Å². The Morgan fingerprint density at radius 3 is 2.45 bits per heavy atom. The van der Waals surface area contributed by atoms with Crippen LogP contribution in [-0.2, 0) is 9.59 Å². The average molecular weight is 431 g/mol. The maximum atomic E-state index is 13.1. The van der Waals surface area contributed by atoms with Crippen LogP contribution in [0, 0.1) is 17.8 Å². The van der Waals surface area contributed by atoms with Crippen molar-refractivity contribution >= 4 is 11.6 Å². The lowest BCUT2D eigenvalue weighted by atomic mass is 9.74. The zero-order valence-corrected chi connectivity index (χ0v) is 19.6. The minimum atomic E-state index is -0.986. The molecule has 0 aliphatic heterocycles. The summed E-state index contributed by atoms with van der Waals surface area (Å²) in [5.74, 6) is -2.63. The molecule has 0 aromatic rings. The molecule has 172 valence electrons. The Labute approximate surface area is 186 Å². The van der Waals surface area contributed by atoms with Crippen LogP contribution in [0.15, 0.2) is 46.5 Å². The molecule has 0 amide bonds. The van der Waals surface area contributed by atoms with E-state index < -0.39 is 23.1 Å². The molecular weight excluding hydrogens is 392 g/mol. The van der Waals surface area contributed by atoms with Crippen LogP contribution in [0.25, 0.3) is 0 Å². The van der Waals surface area contributed by atoms with Crippen LogP contribution in [0.5, 0.6) is 0 Å². The lowest BCUT2D eigenvalue weighted by Gasteiger charge is -2.33. The second kappa shape index (κ2) is 9.99. The Balaban J connectivity index is 2.54. The summed E-state index contributed by atoms with van der Waals surface area (Å²) < 4.78 is 0. The van der Waals surface area contributed by atoms with Crippen molar-refractivity contribution in [2.24, 2.45) is 17.8 Å². The molecule has 0 bridgehead atoms. The number of aliphatic hydroxyl groups excluding tert-OH is 2. The first kappa shape index (κ1) is 25.1. The fourth-order valence-electron chi connectivity index (χ4n) is 4.84. The van der Waals surface area contributed by atoms with Crippen molar-refractivity contribution in [1.82, 2.24) is 0 Å². The van der Waals surface area contributed by atoms with Gasteiger partial charge in [0, 0.05) is 12.0 Å². The number of aliphatic hydroxyl groups is 3. The number of unbranched alkanes of at least 4 members (excludes halogenated alkanes) is 1. The quantitative estimate of drug-likeness (QED) is 0.324. The maximum Gasteiger partial charge on any atom is 0.181 e. The van der Waals surface area contributed by atoms with Crippen LogP contribution in [0.2, 0.25) is 0 Å². The van der Waals surface area contributed by atoms with E-state index in [0.29, 0.717) is 12.8 Å². The monoisotopic (exact) mass is 430 g/mol. The highest BCUT2D eigenvalue weighted by Gasteiger charge is 2.47. The van der Waals surface area contributed by atoms with Crippen LogP contribution in [0.4, 0.5) is 0 Å². The standard InChI is InChI=1S/C26H38O5/c1-7-8-9-21(27)22-24(29)18(11-10-15(2)3)23(28)19(25(22)30)14-20-17(16(4)5)12-13-26(20,6)31/h10,17-18,20,28,30-31H,4,7-9,11-14H2,1-3,5-6H3/t17-,18-,20+,26+/m1/s1. The fourth-order valence-corrected chi connectivity index (χ4v) is 4.84. The van der Waals surface area contributed by atoms with Crippen molar-refractivity contribution in [3.63, 3.8) is 0 Å². The Hall–Kier alpha value is -2.14. The predicted octanol–water partition coefficient (Wildman–Crippen LogP) is 5.67. The van der Waals surface area contributed by atoms with Gasteiger partial charge in [0.2, 0.25) is 0 Å². The summed E-state index contributed by atoms with van der Waals surface area (Å²) >= 11 is 0. The SMILES string of the molecule is C=C(C)[C@H]1CC[C@](C)(O)[C@H]1CC1=C(O)[C@@H](CC=C(C)C)C(=O)C(C(=O)CCCC)=C1O. The zero-order chi connectivity index (χ0) is 23.5. The summed E-state index contributed by atoms with van der Waals surface area (Å²) in [4.78, 5) is 25.9. The molecule has 1 saturated carbocycles. The molecular formula is C26H38O5. The normalized spacial score (nSPS) is 28.8. The number of carbonyl (C=O) groups is 2. The lowest BCUT2D eigenvalue weighted by Crippen LogP contribution is -2.35. The van der Waals surface area contributed by atoms with E-state index in [1.165, 1.54) is 0 Å². The van der Waals surface area contributed by atoms with Gasteiger partial charge in [-0.05, 0) is 71.6 Å². The highest BCUT2D eigenvalue weighted by Crippen LogP contribution is 2.48. The second-order valence-electron chi connectivity index (χ2n) is 9.71. The van der Waals surface area contributed by atoms with Crippen LogP contribution in [0.1, 0.15) is 79.6 Å². The van der Waals surface area contributed by atoms with Gasteiger partial charge in [-0.25, -0.2) is 0 Å². The number of hydrogen-bond acceptors (Lipinski definition) is 5. The summed E-state index contributed by atoms with van der Waals surface area (Å²) in [6, 6.07) is 0. The third-order valence-electron chi connectivity index (χ3n) is 6.83. The van der Waals surface area contributed by atoms with E-state index in [2.05, 4.69) is 6.58 Å². The Morgan fingerprint density at radius 2 is 1.90 bits per heavy atom. The highest BCUT2D eigenvalue weighted by molar-refractivity contribution is 6.23. The van der Waals surface area contributed by atoms with Gasteiger partial charge in [0.25, 0.3) is 0 Å². The molecule has 3 N–H and O–H groups in total. The molecule has 5 heteroatoms. The molecule has 5 nitrogen and oxygen atoms in total. The Bertz CT molecular complexity index is 836. The number of rotatable bonds is 9. The van der Waals surface area contributed by atoms with E-state index in [1.807, 2.05) is 33.8 Å². The molecule has 0 radical (unpaired) electrons. The minimum Gasteiger partial charge on any atom is -0.511 e. The topological polar surface area (TPSA) is 94.8 Å². The van der Waals surface area contributed by atoms with Crippen molar-refractivity contribution in [2.75, 3.05) is 0 Å². The zero-order valence-electron chi connectivity index (χ0n) is 19.6. The smallest absolute Gasteiger partial charge is 0.181 e. The van der Waals surface area contributed by atoms with Gasteiger partial charge in [-0.1, -0.05) is 37.1 Å². The summed E-state index contributed by atoms with van der Waals surface area (Å²) in [5, 5.41) is 33.0. The van der Waals surface area contributed by atoms with Crippen molar-refractivity contribution in [1.29, 1.82) is 0 Å². The van der Waals surface area contributed by atoms with Gasteiger partial charge in [-0.2, -0.15) is 0 Å². The second-order valence-corrected chi connectivity index (χ2v) is 9.71. The van der Waals surface area contributed by atoms with E-state index in [1.54, 1.807) is 6.92 Å². The largest absolute Gasteiger partial charge is 0.511 e. The highest BCUT2D eigenvalue weighted by atomic mass is 16.3. The van der Waals surface area contributed by atoms with Gasteiger partial charge in [0.15, 0.2) is 11.6 Å². The molecule has 0 aromatic heterocycles. The fraction of sp³-hybridized carbons (Fsp3) is 0.615. The molecule has 4 atom stereocenters. The van der Waals surface area contributed by atoms with E-state index in [0.717, 1.165) is 24.0 Å². The van der Waals surface area contributed by atoms with Gasteiger partial charge in [0.05, 0.1) is 11.5 Å². The minimum absolute atomic E-state index is 0.0382. The van der Waals surface area contributed by atoms with Crippen LogP contribution >= 0.6 is 0 Å². The van der Waals surface area contributed by atoms with Gasteiger partial charge in [-0.3, -0.25) is 9.59 Å². The van der Waals surface area contributed by atoms with E-state index in [4.69, 9.17) is 0 Å². The number of Topliss-reactive ketones (excluding diaryl/α,β-unsaturated/α-hetero) is 2. The van der Waals surface area contributed by atoms with Crippen LogP contribution in [0.3, 0.4) is 0 Å². The maximum absolute atomic E-state index is 13.1. The van der Waals surface area contributed by atoms with Gasteiger partial charge in [-0.15, -0.1) is 0 Å². The average Bonchev–Trinajstić information content (AvgIpc) is 2.97. The molecule has 2 aliphatic carbocycles. The van der Waals surface area contributed by atoms with Gasteiger partial charge < -0.3 is 15.3 Å². The first-order chi connectivity index (χ1) is 14.4. The molecule has 0 saturated heterocycles. The van der Waals surface area contributed by atoms with E-state index in [-0.39, 0.29) is 53.8 Å².